The zero-order valence-electron chi connectivity index (χ0n) is 11.6. The summed E-state index contributed by atoms with van der Waals surface area (Å²) in [5.41, 5.74) is 1.85. The number of pyridine rings is 1. The van der Waals surface area contributed by atoms with Crippen molar-refractivity contribution in [3.05, 3.63) is 42.1 Å². The van der Waals surface area contributed by atoms with Crippen molar-refractivity contribution in [2.24, 2.45) is 0 Å². The van der Waals surface area contributed by atoms with Crippen LogP contribution in [0.3, 0.4) is 0 Å². The van der Waals surface area contributed by atoms with E-state index in [1.165, 1.54) is 0 Å². The van der Waals surface area contributed by atoms with Crippen LogP contribution in [0.4, 0.5) is 0 Å². The van der Waals surface area contributed by atoms with Gasteiger partial charge in [0.15, 0.2) is 11.5 Å². The number of fused-ring (bicyclic) bond motifs is 1. The summed E-state index contributed by atoms with van der Waals surface area (Å²) in [6, 6.07) is 11.0. The summed E-state index contributed by atoms with van der Waals surface area (Å²) in [4.78, 5) is 0. The second-order valence-corrected chi connectivity index (χ2v) is 4.32. The predicted octanol–water partition coefficient (Wildman–Crippen LogP) is 2.29. The SMILES string of the molecule is COc1cccc(OC)c1-c1nnc2cc(C#N)ccn12. The van der Waals surface area contributed by atoms with Gasteiger partial charge in [-0.3, -0.25) is 4.40 Å². The Labute approximate surface area is 121 Å². The van der Waals surface area contributed by atoms with Crippen LogP contribution in [0.5, 0.6) is 11.5 Å². The van der Waals surface area contributed by atoms with Crippen LogP contribution < -0.4 is 9.47 Å². The van der Waals surface area contributed by atoms with E-state index in [9.17, 15) is 0 Å². The molecule has 0 saturated carbocycles. The van der Waals surface area contributed by atoms with Gasteiger partial charge in [0.05, 0.1) is 25.9 Å². The van der Waals surface area contributed by atoms with Crippen LogP contribution in [0, 0.1) is 11.3 Å². The Balaban J connectivity index is 2.29. The molecule has 0 aliphatic carbocycles. The molecule has 0 radical (unpaired) electrons. The number of methoxy groups -OCH3 is 2. The van der Waals surface area contributed by atoms with E-state index in [1.54, 1.807) is 36.9 Å². The Bertz CT molecular complexity index is 826. The molecule has 0 fully saturated rings. The summed E-state index contributed by atoms with van der Waals surface area (Å²) in [6.07, 6.45) is 1.76. The van der Waals surface area contributed by atoms with Crippen LogP contribution in [-0.2, 0) is 0 Å². The lowest BCUT2D eigenvalue weighted by Gasteiger charge is -2.11. The van der Waals surface area contributed by atoms with Crippen LogP contribution in [-0.4, -0.2) is 28.8 Å². The quantitative estimate of drug-likeness (QED) is 0.736. The van der Waals surface area contributed by atoms with Crippen molar-refractivity contribution in [2.75, 3.05) is 14.2 Å². The summed E-state index contributed by atoms with van der Waals surface area (Å²) in [5, 5.41) is 17.2. The molecule has 104 valence electrons. The zero-order chi connectivity index (χ0) is 14.8. The third kappa shape index (κ3) is 2.05. The number of hydrogen-bond acceptors (Lipinski definition) is 5. The first-order valence-corrected chi connectivity index (χ1v) is 6.24. The van der Waals surface area contributed by atoms with Crippen molar-refractivity contribution in [2.45, 2.75) is 0 Å². The molecule has 0 saturated heterocycles. The first-order valence-electron chi connectivity index (χ1n) is 6.24. The van der Waals surface area contributed by atoms with Crippen molar-refractivity contribution in [1.82, 2.24) is 14.6 Å². The molecule has 3 aromatic rings. The summed E-state index contributed by atoms with van der Waals surface area (Å²) >= 11 is 0. The number of hydrogen-bond donors (Lipinski definition) is 0. The van der Waals surface area contributed by atoms with E-state index in [0.717, 1.165) is 5.56 Å². The van der Waals surface area contributed by atoms with Crippen LogP contribution in [0.25, 0.3) is 17.0 Å². The van der Waals surface area contributed by atoms with E-state index in [4.69, 9.17) is 14.7 Å². The van der Waals surface area contributed by atoms with Crippen molar-refractivity contribution >= 4 is 5.65 Å². The van der Waals surface area contributed by atoms with Crippen molar-refractivity contribution < 1.29 is 9.47 Å². The van der Waals surface area contributed by atoms with Gasteiger partial charge in [-0.15, -0.1) is 10.2 Å². The minimum atomic E-state index is 0.536. The second-order valence-electron chi connectivity index (χ2n) is 4.32. The number of nitrogens with zero attached hydrogens (tertiary/aromatic N) is 4. The maximum atomic E-state index is 8.94. The van der Waals surface area contributed by atoms with Crippen LogP contribution in [0.15, 0.2) is 36.5 Å². The van der Waals surface area contributed by atoms with Crippen LogP contribution >= 0.6 is 0 Å². The van der Waals surface area contributed by atoms with Gasteiger partial charge in [0.25, 0.3) is 0 Å². The maximum Gasteiger partial charge on any atom is 0.175 e. The fourth-order valence-electron chi connectivity index (χ4n) is 2.20. The first kappa shape index (κ1) is 12.9. The number of ether oxygens (including phenoxy) is 2. The smallest absolute Gasteiger partial charge is 0.175 e. The Morgan fingerprint density at radius 2 is 1.81 bits per heavy atom. The van der Waals surface area contributed by atoms with Gasteiger partial charge < -0.3 is 9.47 Å². The average molecular weight is 280 g/mol. The van der Waals surface area contributed by atoms with E-state index in [2.05, 4.69) is 16.3 Å². The van der Waals surface area contributed by atoms with E-state index in [0.29, 0.717) is 28.5 Å². The highest BCUT2D eigenvalue weighted by atomic mass is 16.5. The van der Waals surface area contributed by atoms with E-state index < -0.39 is 0 Å². The Hall–Kier alpha value is -3.07. The lowest BCUT2D eigenvalue weighted by atomic mass is 10.1. The number of aromatic nitrogens is 3. The largest absolute Gasteiger partial charge is 0.496 e. The molecular weight excluding hydrogens is 268 g/mol. The number of nitriles is 1. The van der Waals surface area contributed by atoms with Gasteiger partial charge in [-0.2, -0.15) is 5.26 Å². The highest BCUT2D eigenvalue weighted by Gasteiger charge is 2.18. The molecule has 2 aromatic heterocycles. The maximum absolute atomic E-state index is 8.94. The fraction of sp³-hybridized carbons (Fsp3) is 0.133. The van der Waals surface area contributed by atoms with Gasteiger partial charge in [-0.05, 0) is 18.2 Å². The molecular formula is C15H12N4O2. The van der Waals surface area contributed by atoms with Gasteiger partial charge in [0.1, 0.15) is 17.1 Å². The molecule has 0 bridgehead atoms. The average Bonchev–Trinajstić information content (AvgIpc) is 2.96. The molecule has 6 nitrogen and oxygen atoms in total. The first-order chi connectivity index (χ1) is 10.3. The third-order valence-electron chi connectivity index (χ3n) is 3.19. The molecule has 0 atom stereocenters. The Morgan fingerprint density at radius 3 is 2.43 bits per heavy atom. The molecule has 1 aromatic carbocycles. The Morgan fingerprint density at radius 1 is 1.10 bits per heavy atom. The molecule has 3 rings (SSSR count). The molecule has 21 heavy (non-hydrogen) atoms. The normalized spacial score (nSPS) is 10.3. The molecule has 0 aliphatic heterocycles. The van der Waals surface area contributed by atoms with E-state index >= 15 is 0 Å². The lowest BCUT2D eigenvalue weighted by molar-refractivity contribution is 0.396. The van der Waals surface area contributed by atoms with Crippen molar-refractivity contribution in [3.63, 3.8) is 0 Å². The minimum Gasteiger partial charge on any atom is -0.496 e. The highest BCUT2D eigenvalue weighted by molar-refractivity contribution is 5.73. The number of rotatable bonds is 3. The van der Waals surface area contributed by atoms with Gasteiger partial charge in [0.2, 0.25) is 0 Å². The van der Waals surface area contributed by atoms with E-state index in [-0.39, 0.29) is 0 Å². The van der Waals surface area contributed by atoms with Crippen LogP contribution in [0.2, 0.25) is 0 Å². The summed E-state index contributed by atoms with van der Waals surface area (Å²) in [7, 11) is 3.19. The predicted molar refractivity (Wildman–Crippen MR) is 76.2 cm³/mol. The highest BCUT2D eigenvalue weighted by Crippen LogP contribution is 2.37. The van der Waals surface area contributed by atoms with E-state index in [1.807, 2.05) is 18.2 Å². The topological polar surface area (TPSA) is 72.4 Å². The van der Waals surface area contributed by atoms with Crippen molar-refractivity contribution in [3.8, 4) is 29.0 Å². The zero-order valence-corrected chi connectivity index (χ0v) is 11.6. The molecule has 6 heteroatoms. The van der Waals surface area contributed by atoms with Crippen molar-refractivity contribution in [1.29, 1.82) is 5.26 Å². The third-order valence-corrected chi connectivity index (χ3v) is 3.19. The molecule has 0 spiro atoms. The summed E-state index contributed by atoms with van der Waals surface area (Å²) in [5.74, 6) is 1.89. The van der Waals surface area contributed by atoms with Gasteiger partial charge >= 0.3 is 0 Å². The minimum absolute atomic E-state index is 0.536. The summed E-state index contributed by atoms with van der Waals surface area (Å²) in [6.45, 7) is 0. The standard InChI is InChI=1S/C15H12N4O2/c1-20-11-4-3-5-12(21-2)14(11)15-18-17-13-8-10(9-16)6-7-19(13)15/h3-8H,1-2H3. The molecule has 0 amide bonds. The van der Waals surface area contributed by atoms with Gasteiger partial charge in [-0.25, -0.2) is 0 Å². The van der Waals surface area contributed by atoms with Crippen LogP contribution in [0.1, 0.15) is 5.56 Å². The molecule has 0 N–H and O–H groups in total. The molecule has 0 unspecified atom stereocenters. The Kier molecular flexibility index (Phi) is 3.16. The molecule has 2 heterocycles. The van der Waals surface area contributed by atoms with Gasteiger partial charge in [0, 0.05) is 12.3 Å². The van der Waals surface area contributed by atoms with Gasteiger partial charge in [-0.1, -0.05) is 6.07 Å². The lowest BCUT2D eigenvalue weighted by Crippen LogP contribution is -1.97. The number of benzene rings is 1. The fourth-order valence-corrected chi connectivity index (χ4v) is 2.20. The molecule has 0 aliphatic rings. The summed E-state index contributed by atoms with van der Waals surface area (Å²) < 4.78 is 12.6. The second kappa shape index (κ2) is 5.13. The monoisotopic (exact) mass is 280 g/mol.